The van der Waals surface area contributed by atoms with Crippen molar-refractivity contribution in [3.8, 4) is 0 Å². The lowest BCUT2D eigenvalue weighted by atomic mass is 9.75. The Hall–Kier alpha value is -1.42. The van der Waals surface area contributed by atoms with Crippen molar-refractivity contribution >= 4 is 5.97 Å². The summed E-state index contributed by atoms with van der Waals surface area (Å²) in [6, 6.07) is 2.77. The number of carbonyl (C=O) groups is 1. The van der Waals surface area contributed by atoms with Crippen LogP contribution in [0.1, 0.15) is 61.3 Å². The molecule has 116 valence electrons. The minimum atomic E-state index is -0.753. The third-order valence-corrected chi connectivity index (χ3v) is 4.77. The van der Waals surface area contributed by atoms with Crippen LogP contribution in [-0.4, -0.2) is 11.1 Å². The van der Waals surface area contributed by atoms with E-state index in [9.17, 15) is 14.3 Å². The Kier molecular flexibility index (Phi) is 4.67. The lowest BCUT2D eigenvalue weighted by Gasteiger charge is -2.31. The summed E-state index contributed by atoms with van der Waals surface area (Å²) >= 11 is 0. The van der Waals surface area contributed by atoms with E-state index >= 15 is 0 Å². The maximum atomic E-state index is 13.4. The number of aliphatic carboxylic acids is 1. The number of carboxylic acids is 1. The van der Waals surface area contributed by atoms with Crippen LogP contribution in [0.4, 0.5) is 4.39 Å². The highest BCUT2D eigenvalue weighted by Crippen LogP contribution is 2.47. The van der Waals surface area contributed by atoms with Crippen LogP contribution in [0.25, 0.3) is 0 Å². The Morgan fingerprint density at radius 2 is 1.86 bits per heavy atom. The number of nitrogens with two attached hydrogens (primary N) is 1. The molecule has 0 amide bonds. The van der Waals surface area contributed by atoms with Crippen LogP contribution in [0.3, 0.4) is 0 Å². The Morgan fingerprint density at radius 1 is 1.33 bits per heavy atom. The van der Waals surface area contributed by atoms with Crippen molar-refractivity contribution in [2.75, 3.05) is 0 Å². The Morgan fingerprint density at radius 3 is 2.33 bits per heavy atom. The molecule has 4 heteroatoms. The molecule has 21 heavy (non-hydrogen) atoms. The van der Waals surface area contributed by atoms with Crippen molar-refractivity contribution in [1.29, 1.82) is 0 Å². The number of hydrogen-bond acceptors (Lipinski definition) is 2. The van der Waals surface area contributed by atoms with Gasteiger partial charge in [0.25, 0.3) is 0 Å². The second-order valence-electron chi connectivity index (χ2n) is 6.54. The fraction of sp³-hybridized carbons (Fsp3) is 0.588. The smallest absolute Gasteiger partial charge is 0.303 e. The van der Waals surface area contributed by atoms with E-state index in [2.05, 4.69) is 0 Å². The highest BCUT2D eigenvalue weighted by molar-refractivity contribution is 5.67. The zero-order chi connectivity index (χ0) is 15.6. The van der Waals surface area contributed by atoms with Gasteiger partial charge >= 0.3 is 5.97 Å². The Bertz CT molecular complexity index is 513. The molecular weight excluding hydrogens is 269 g/mol. The summed E-state index contributed by atoms with van der Waals surface area (Å²) in [6.45, 7) is 3.73. The van der Waals surface area contributed by atoms with Crippen molar-refractivity contribution in [2.24, 2.45) is 11.1 Å². The number of hydrogen-bond donors (Lipinski definition) is 2. The Labute approximate surface area is 125 Å². The van der Waals surface area contributed by atoms with Crippen molar-refractivity contribution in [2.45, 2.75) is 58.4 Å². The van der Waals surface area contributed by atoms with Gasteiger partial charge in [0.05, 0.1) is 6.42 Å². The summed E-state index contributed by atoms with van der Waals surface area (Å²) in [7, 11) is 0. The second kappa shape index (κ2) is 6.14. The summed E-state index contributed by atoms with van der Waals surface area (Å²) in [5.74, 6) is -1.00. The highest BCUT2D eigenvalue weighted by Gasteiger charge is 2.38. The maximum Gasteiger partial charge on any atom is 0.303 e. The summed E-state index contributed by atoms with van der Waals surface area (Å²) in [6.07, 6.45) is 4.83. The molecule has 2 rings (SSSR count). The molecule has 1 aliphatic rings. The average Bonchev–Trinajstić information content (AvgIpc) is 2.74. The first-order chi connectivity index (χ1) is 9.83. The van der Waals surface area contributed by atoms with Crippen molar-refractivity contribution in [3.05, 3.63) is 34.6 Å². The van der Waals surface area contributed by atoms with E-state index in [0.717, 1.165) is 42.4 Å². The van der Waals surface area contributed by atoms with Gasteiger partial charge in [-0.25, -0.2) is 4.39 Å². The van der Waals surface area contributed by atoms with Crippen molar-refractivity contribution in [1.82, 2.24) is 0 Å². The zero-order valence-corrected chi connectivity index (χ0v) is 12.8. The van der Waals surface area contributed by atoms with Gasteiger partial charge in [0.1, 0.15) is 5.82 Å². The maximum absolute atomic E-state index is 13.4. The van der Waals surface area contributed by atoms with E-state index in [1.54, 1.807) is 0 Å². The van der Waals surface area contributed by atoms with Crippen LogP contribution < -0.4 is 5.73 Å². The van der Waals surface area contributed by atoms with E-state index in [-0.39, 0.29) is 23.7 Å². The average molecular weight is 293 g/mol. The highest BCUT2D eigenvalue weighted by atomic mass is 19.1. The van der Waals surface area contributed by atoms with Gasteiger partial charge in [-0.15, -0.1) is 0 Å². The van der Waals surface area contributed by atoms with Gasteiger partial charge in [0.15, 0.2) is 0 Å². The van der Waals surface area contributed by atoms with E-state index in [4.69, 9.17) is 5.73 Å². The quantitative estimate of drug-likeness (QED) is 0.866. The first-order valence-corrected chi connectivity index (χ1v) is 7.57. The molecule has 1 fully saturated rings. The van der Waals surface area contributed by atoms with E-state index in [1.165, 1.54) is 12.1 Å². The molecule has 0 aliphatic heterocycles. The van der Waals surface area contributed by atoms with Crippen LogP contribution in [0.15, 0.2) is 12.1 Å². The predicted molar refractivity (Wildman–Crippen MR) is 80.6 cm³/mol. The molecule has 1 saturated carbocycles. The molecule has 0 saturated heterocycles. The molecule has 1 aliphatic carbocycles. The van der Waals surface area contributed by atoms with Gasteiger partial charge in [0.2, 0.25) is 0 Å². The largest absolute Gasteiger partial charge is 0.481 e. The van der Waals surface area contributed by atoms with Crippen molar-refractivity contribution < 1.29 is 14.3 Å². The SMILES string of the molecule is Cc1cc(F)cc(C)c1C(N)CC1(CC(=O)O)CCCC1. The monoisotopic (exact) mass is 293 g/mol. The third kappa shape index (κ3) is 3.62. The molecule has 3 N–H and O–H groups in total. The summed E-state index contributed by atoms with van der Waals surface area (Å²) in [4.78, 5) is 11.2. The lowest BCUT2D eigenvalue weighted by Crippen LogP contribution is -2.27. The molecule has 1 aromatic carbocycles. The Balaban J connectivity index is 2.23. The molecule has 0 aromatic heterocycles. The number of aryl methyl sites for hydroxylation is 2. The minimum absolute atomic E-state index is 0.181. The second-order valence-corrected chi connectivity index (χ2v) is 6.54. The molecule has 3 nitrogen and oxygen atoms in total. The predicted octanol–water partition coefficient (Wildman–Crippen LogP) is 3.87. The van der Waals surface area contributed by atoms with Crippen LogP contribution >= 0.6 is 0 Å². The minimum Gasteiger partial charge on any atom is -0.481 e. The molecule has 0 heterocycles. The molecule has 0 radical (unpaired) electrons. The molecule has 1 aromatic rings. The van der Waals surface area contributed by atoms with Gasteiger partial charge in [-0.1, -0.05) is 12.8 Å². The van der Waals surface area contributed by atoms with Gasteiger partial charge in [-0.3, -0.25) is 4.79 Å². The number of halogens is 1. The zero-order valence-electron chi connectivity index (χ0n) is 12.8. The first-order valence-electron chi connectivity index (χ1n) is 7.57. The number of carboxylic acid groups (broad SMARTS) is 1. The molecule has 0 spiro atoms. The molecule has 0 bridgehead atoms. The normalized spacial score (nSPS) is 18.7. The van der Waals surface area contributed by atoms with Crippen molar-refractivity contribution in [3.63, 3.8) is 0 Å². The van der Waals surface area contributed by atoms with Crippen LogP contribution in [-0.2, 0) is 4.79 Å². The summed E-state index contributed by atoms with van der Waals surface area (Å²) < 4.78 is 13.4. The fourth-order valence-corrected chi connectivity index (χ4v) is 3.97. The lowest BCUT2D eigenvalue weighted by molar-refractivity contribution is -0.139. The summed E-state index contributed by atoms with van der Waals surface area (Å²) in [5.41, 5.74) is 8.84. The molecule has 1 unspecified atom stereocenters. The number of benzene rings is 1. The topological polar surface area (TPSA) is 63.3 Å². The number of rotatable bonds is 5. The third-order valence-electron chi connectivity index (χ3n) is 4.77. The van der Waals surface area contributed by atoms with E-state index in [1.807, 2.05) is 13.8 Å². The van der Waals surface area contributed by atoms with Gasteiger partial charge < -0.3 is 10.8 Å². The van der Waals surface area contributed by atoms with Gasteiger partial charge in [0, 0.05) is 6.04 Å². The van der Waals surface area contributed by atoms with Crippen LogP contribution in [0.5, 0.6) is 0 Å². The van der Waals surface area contributed by atoms with E-state index < -0.39 is 5.97 Å². The van der Waals surface area contributed by atoms with Gasteiger partial charge in [-0.05, 0) is 67.3 Å². The van der Waals surface area contributed by atoms with E-state index in [0.29, 0.717) is 6.42 Å². The fourth-order valence-electron chi connectivity index (χ4n) is 3.97. The standard InChI is InChI=1S/C17H24FNO2/c1-11-7-13(18)8-12(2)16(11)14(19)9-17(10-15(20)21)5-3-4-6-17/h7-8,14H,3-6,9-10,19H2,1-2H3,(H,20,21). The van der Waals surface area contributed by atoms with Crippen LogP contribution in [0, 0.1) is 25.1 Å². The first kappa shape index (κ1) is 16.0. The van der Waals surface area contributed by atoms with Crippen LogP contribution in [0.2, 0.25) is 0 Å². The summed E-state index contributed by atoms with van der Waals surface area (Å²) in [5, 5.41) is 9.18. The molecule has 1 atom stereocenters. The van der Waals surface area contributed by atoms with Gasteiger partial charge in [-0.2, -0.15) is 0 Å². The molecular formula is C17H24FNO2.